The summed E-state index contributed by atoms with van der Waals surface area (Å²) in [4.78, 5) is 15.3. The maximum absolute atomic E-state index is 12.8. The molecule has 3 rings (SSSR count). The first-order chi connectivity index (χ1) is 12.0. The van der Waals surface area contributed by atoms with Crippen LogP contribution in [-0.4, -0.2) is 55.2 Å². The maximum atomic E-state index is 12.8. The molecule has 2 aliphatic rings. The van der Waals surface area contributed by atoms with Crippen molar-refractivity contribution in [2.24, 2.45) is 0 Å². The molecule has 27 heavy (non-hydrogen) atoms. The molecular formula is C20H33Cl2N3O2. The number of rotatable bonds is 5. The van der Waals surface area contributed by atoms with Gasteiger partial charge in [0.15, 0.2) is 0 Å². The number of carbonyl (C=O) groups is 1. The first kappa shape index (κ1) is 24.2. The summed E-state index contributed by atoms with van der Waals surface area (Å²) in [7, 11) is 1.65. The normalized spacial score (nSPS) is 19.2. The van der Waals surface area contributed by atoms with Gasteiger partial charge in [0.1, 0.15) is 5.60 Å². The lowest BCUT2D eigenvalue weighted by Crippen LogP contribution is -2.58. The fraction of sp³-hybridized carbons (Fsp3) is 0.650. The van der Waals surface area contributed by atoms with E-state index in [0.717, 1.165) is 45.4 Å². The second kappa shape index (κ2) is 10.1. The van der Waals surface area contributed by atoms with Gasteiger partial charge >= 0.3 is 0 Å². The van der Waals surface area contributed by atoms with Gasteiger partial charge in [0, 0.05) is 32.3 Å². The average Bonchev–Trinajstić information content (AvgIpc) is 2.66. The van der Waals surface area contributed by atoms with Gasteiger partial charge in [0.25, 0.3) is 5.91 Å². The predicted octanol–water partition coefficient (Wildman–Crippen LogP) is 2.55. The summed E-state index contributed by atoms with van der Waals surface area (Å²) in [5, 5.41) is 6.47. The Kier molecular flexibility index (Phi) is 9.03. The molecule has 2 N–H and O–H groups in total. The zero-order chi connectivity index (χ0) is 17.9. The van der Waals surface area contributed by atoms with Crippen LogP contribution in [-0.2, 0) is 22.5 Å². The Bertz CT molecular complexity index is 619. The minimum Gasteiger partial charge on any atom is -0.368 e. The summed E-state index contributed by atoms with van der Waals surface area (Å²) < 4.78 is 5.63. The topological polar surface area (TPSA) is 53.6 Å². The van der Waals surface area contributed by atoms with Gasteiger partial charge in [-0.15, -0.1) is 24.8 Å². The molecule has 0 saturated carbocycles. The molecule has 2 heterocycles. The first-order valence-corrected chi connectivity index (χ1v) is 9.33. The van der Waals surface area contributed by atoms with Gasteiger partial charge in [-0.3, -0.25) is 9.69 Å². The number of halogens is 2. The van der Waals surface area contributed by atoms with E-state index in [0.29, 0.717) is 6.54 Å². The number of benzene rings is 1. The lowest BCUT2D eigenvalue weighted by Gasteiger charge is -2.42. The van der Waals surface area contributed by atoms with Crippen molar-refractivity contribution >= 4 is 30.7 Å². The largest absolute Gasteiger partial charge is 0.368 e. The SMILES string of the molecule is COC1(C(=O)NCC(C)(C)N2CCc3ccccc3C2)CCNCC1.Cl.Cl. The second-order valence-electron chi connectivity index (χ2n) is 7.88. The molecule has 1 fully saturated rings. The van der Waals surface area contributed by atoms with Crippen LogP contribution in [0.15, 0.2) is 24.3 Å². The van der Waals surface area contributed by atoms with Crippen molar-refractivity contribution in [2.75, 3.05) is 33.3 Å². The third kappa shape index (κ3) is 5.36. The highest BCUT2D eigenvalue weighted by Gasteiger charge is 2.40. The average molecular weight is 418 g/mol. The van der Waals surface area contributed by atoms with Crippen molar-refractivity contribution in [3.8, 4) is 0 Å². The van der Waals surface area contributed by atoms with Crippen LogP contribution in [0.4, 0.5) is 0 Å². The van der Waals surface area contributed by atoms with Gasteiger partial charge < -0.3 is 15.4 Å². The summed E-state index contributed by atoms with van der Waals surface area (Å²) in [6.45, 7) is 8.68. The maximum Gasteiger partial charge on any atom is 0.252 e. The molecule has 0 spiro atoms. The Morgan fingerprint density at radius 2 is 1.85 bits per heavy atom. The fourth-order valence-electron chi connectivity index (χ4n) is 3.94. The number of fused-ring (bicyclic) bond motifs is 1. The zero-order valence-corrected chi connectivity index (χ0v) is 18.2. The van der Waals surface area contributed by atoms with Crippen LogP contribution in [0, 0.1) is 0 Å². The number of hydrogen-bond acceptors (Lipinski definition) is 4. The van der Waals surface area contributed by atoms with Crippen molar-refractivity contribution in [3.05, 3.63) is 35.4 Å². The Labute approximate surface area is 175 Å². The first-order valence-electron chi connectivity index (χ1n) is 9.33. The van der Waals surface area contributed by atoms with E-state index in [9.17, 15) is 4.79 Å². The number of carbonyl (C=O) groups excluding carboxylic acids is 1. The Hall–Kier alpha value is -0.850. The van der Waals surface area contributed by atoms with E-state index in [1.54, 1.807) is 7.11 Å². The third-order valence-corrected chi connectivity index (χ3v) is 5.88. The van der Waals surface area contributed by atoms with Crippen LogP contribution < -0.4 is 10.6 Å². The zero-order valence-electron chi connectivity index (χ0n) is 16.5. The van der Waals surface area contributed by atoms with Crippen LogP contribution in [0.3, 0.4) is 0 Å². The molecule has 0 atom stereocenters. The monoisotopic (exact) mass is 417 g/mol. The molecule has 0 unspecified atom stereocenters. The molecule has 7 heteroatoms. The molecule has 1 aromatic rings. The summed E-state index contributed by atoms with van der Waals surface area (Å²) in [6, 6.07) is 8.66. The number of methoxy groups -OCH3 is 1. The number of nitrogens with one attached hydrogen (secondary N) is 2. The highest BCUT2D eigenvalue weighted by atomic mass is 35.5. The molecule has 0 radical (unpaired) electrons. The molecule has 2 aliphatic heterocycles. The number of nitrogens with zero attached hydrogens (tertiary/aromatic N) is 1. The van der Waals surface area contributed by atoms with Crippen LogP contribution in [0.5, 0.6) is 0 Å². The summed E-state index contributed by atoms with van der Waals surface area (Å²) in [6.07, 6.45) is 2.53. The number of piperidine rings is 1. The molecule has 154 valence electrons. The highest BCUT2D eigenvalue weighted by molar-refractivity contribution is 5.86. The summed E-state index contributed by atoms with van der Waals surface area (Å²) in [5.41, 5.74) is 2.09. The lowest BCUT2D eigenvalue weighted by atomic mass is 9.90. The van der Waals surface area contributed by atoms with E-state index in [-0.39, 0.29) is 36.3 Å². The van der Waals surface area contributed by atoms with Gasteiger partial charge in [-0.2, -0.15) is 0 Å². The van der Waals surface area contributed by atoms with Crippen molar-refractivity contribution in [1.29, 1.82) is 0 Å². The third-order valence-electron chi connectivity index (χ3n) is 5.88. The minimum atomic E-state index is -0.671. The molecule has 1 aromatic carbocycles. The van der Waals surface area contributed by atoms with Crippen LogP contribution in [0.25, 0.3) is 0 Å². The standard InChI is InChI=1S/C20H31N3O2.2ClH/c1-19(2,23-13-8-16-6-4-5-7-17(16)14-23)15-22-18(24)20(25-3)9-11-21-12-10-20;;/h4-7,21H,8-15H2,1-3H3,(H,22,24);2*1H. The van der Waals surface area contributed by atoms with E-state index in [1.807, 2.05) is 0 Å². The number of hydrogen-bond donors (Lipinski definition) is 2. The Balaban J connectivity index is 0.00000182. The predicted molar refractivity (Wildman–Crippen MR) is 114 cm³/mol. The Morgan fingerprint density at radius 3 is 2.48 bits per heavy atom. The van der Waals surface area contributed by atoms with Crippen LogP contribution in [0.2, 0.25) is 0 Å². The number of ether oxygens (including phenoxy) is 1. The molecule has 0 aliphatic carbocycles. The second-order valence-corrected chi connectivity index (χ2v) is 7.88. The van der Waals surface area contributed by atoms with Gasteiger partial charge in [-0.05, 0) is 57.3 Å². The van der Waals surface area contributed by atoms with E-state index in [1.165, 1.54) is 11.1 Å². The summed E-state index contributed by atoms with van der Waals surface area (Å²) >= 11 is 0. The van der Waals surface area contributed by atoms with E-state index in [2.05, 4.69) is 53.6 Å². The van der Waals surface area contributed by atoms with E-state index >= 15 is 0 Å². The van der Waals surface area contributed by atoms with Crippen LogP contribution >= 0.6 is 24.8 Å². The highest BCUT2D eigenvalue weighted by Crippen LogP contribution is 2.26. The summed E-state index contributed by atoms with van der Waals surface area (Å²) in [5.74, 6) is 0.0296. The minimum absolute atomic E-state index is 0. The molecule has 0 aromatic heterocycles. The fourth-order valence-corrected chi connectivity index (χ4v) is 3.94. The molecule has 1 saturated heterocycles. The Morgan fingerprint density at radius 1 is 1.22 bits per heavy atom. The van der Waals surface area contributed by atoms with Gasteiger partial charge in [-0.25, -0.2) is 0 Å². The molecule has 5 nitrogen and oxygen atoms in total. The van der Waals surface area contributed by atoms with Crippen molar-refractivity contribution in [1.82, 2.24) is 15.5 Å². The van der Waals surface area contributed by atoms with E-state index < -0.39 is 5.60 Å². The van der Waals surface area contributed by atoms with Gasteiger partial charge in [-0.1, -0.05) is 24.3 Å². The van der Waals surface area contributed by atoms with Crippen LogP contribution in [0.1, 0.15) is 37.8 Å². The smallest absolute Gasteiger partial charge is 0.252 e. The molecular weight excluding hydrogens is 385 g/mol. The van der Waals surface area contributed by atoms with Crippen molar-refractivity contribution < 1.29 is 9.53 Å². The van der Waals surface area contributed by atoms with Gasteiger partial charge in [0.2, 0.25) is 0 Å². The van der Waals surface area contributed by atoms with E-state index in [4.69, 9.17) is 4.74 Å². The molecule has 1 amide bonds. The quantitative estimate of drug-likeness (QED) is 0.772. The van der Waals surface area contributed by atoms with Crippen molar-refractivity contribution in [3.63, 3.8) is 0 Å². The van der Waals surface area contributed by atoms with Crippen molar-refractivity contribution in [2.45, 2.75) is 50.8 Å². The molecule has 0 bridgehead atoms. The van der Waals surface area contributed by atoms with Gasteiger partial charge in [0.05, 0.1) is 0 Å². The number of amides is 1. The lowest BCUT2D eigenvalue weighted by molar-refractivity contribution is -0.147.